The van der Waals surface area contributed by atoms with Gasteiger partial charge in [-0.15, -0.1) is 42.7 Å². The van der Waals surface area contributed by atoms with E-state index in [1.54, 1.807) is 96.9 Å². The van der Waals surface area contributed by atoms with Crippen molar-refractivity contribution in [3.05, 3.63) is 179 Å². The van der Waals surface area contributed by atoms with E-state index in [0.717, 1.165) is 0 Å². The summed E-state index contributed by atoms with van der Waals surface area (Å²) in [5, 5.41) is 191. The summed E-state index contributed by atoms with van der Waals surface area (Å²) in [4.78, 5) is 60.7. The summed E-state index contributed by atoms with van der Waals surface area (Å²) in [6.07, 6.45) is -2.92. The zero-order chi connectivity index (χ0) is 70.4. The summed E-state index contributed by atoms with van der Waals surface area (Å²) in [6, 6.07) is 32.2. The monoisotopic (exact) mass is 1630 g/mol. The van der Waals surface area contributed by atoms with Crippen LogP contribution in [0.5, 0.6) is 34.5 Å². The molecular formula is C63H73BiO25Ti4-4. The van der Waals surface area contributed by atoms with Crippen LogP contribution < -0.4 is 97.0 Å². The van der Waals surface area contributed by atoms with Gasteiger partial charge in [-0.25, -0.2) is 0 Å². The van der Waals surface area contributed by atoms with Gasteiger partial charge < -0.3 is 126 Å². The zero-order valence-corrected chi connectivity index (χ0v) is 63.3. The SMILES string of the molecule is CC(C)[O-].CC(C)[O-].CC(C)[O-].CC(C)[O-].CC(C)[O-].CC(C)[O-].CC(C)[O-].O=C([O-])c1ccccc1[O-].O=C([O-])c1ccccc1[O-].O=C([O-])c1ccccc1[O-].O=C([O-])c1ccccc1[O-].O=C([O-])c1ccccc1[O-].O=C([O-])c1ccccc1[O-].[Bi].[Ti+3].[Ti+4].[Ti+4].[Ti+4]. The first-order valence-electron chi connectivity index (χ1n) is 25.9. The Hall–Kier alpha value is -5.60. The summed E-state index contributed by atoms with van der Waals surface area (Å²) < 4.78 is 0. The van der Waals surface area contributed by atoms with Crippen LogP contribution in [0.15, 0.2) is 146 Å². The van der Waals surface area contributed by atoms with Crippen LogP contribution in [-0.2, 0) is 86.9 Å². The summed E-state index contributed by atoms with van der Waals surface area (Å²) >= 11 is 0. The Labute approximate surface area is 622 Å². The molecule has 0 saturated carbocycles. The fraction of sp³-hybridized carbons (Fsp3) is 0.333. The Morgan fingerprint density at radius 2 is 0.290 bits per heavy atom. The third kappa shape index (κ3) is 86.4. The molecule has 0 amide bonds. The fourth-order valence-corrected chi connectivity index (χ4v) is 3.81. The standard InChI is InChI=1S/6C7H6O3.7C3H7O.Bi.4Ti/c6*8-6-4-2-1-3-5(6)7(9)10;7*1-3(2)4;;;;;/h6*1-4,8H,(H,9,10);7*3H,1-2H3;;;;;/q;;;;;;7*-1;;+3;3*+4/p-12. The van der Waals surface area contributed by atoms with Crippen molar-refractivity contribution in [3.63, 3.8) is 0 Å². The second-order valence-corrected chi connectivity index (χ2v) is 18.0. The first-order chi connectivity index (χ1) is 40.4. The van der Waals surface area contributed by atoms with Gasteiger partial charge in [-0.2, -0.15) is 0 Å². The molecule has 93 heavy (non-hydrogen) atoms. The van der Waals surface area contributed by atoms with Gasteiger partial charge >= 0.3 is 86.9 Å². The Morgan fingerprint density at radius 3 is 0.333 bits per heavy atom. The molecular weight excluding hydrogens is 1560 g/mol. The van der Waals surface area contributed by atoms with E-state index in [9.17, 15) is 126 Å². The molecule has 0 aliphatic heterocycles. The average molecular weight is 1630 g/mol. The normalized spacial score (nSPS) is 8.65. The summed E-state index contributed by atoms with van der Waals surface area (Å²) in [5.74, 6) is -11.6. The molecule has 0 fully saturated rings. The van der Waals surface area contributed by atoms with Gasteiger partial charge in [0.1, 0.15) is 0 Å². The minimum atomic E-state index is -1.43. The molecule has 0 heterocycles. The second-order valence-electron chi connectivity index (χ2n) is 18.0. The first kappa shape index (κ1) is 115. The number of para-hydroxylation sites is 6. The Balaban J connectivity index is -0.0000000777. The van der Waals surface area contributed by atoms with Gasteiger partial charge in [-0.05, 0) is 33.4 Å². The van der Waals surface area contributed by atoms with Crippen LogP contribution >= 0.6 is 0 Å². The number of hydrogen-bond acceptors (Lipinski definition) is 25. The molecule has 0 aliphatic carbocycles. The second kappa shape index (κ2) is 72.2. The van der Waals surface area contributed by atoms with Gasteiger partial charge in [0, 0.05) is 26.2 Å². The average Bonchev–Trinajstić information content (AvgIpc) is 3.39. The number of benzene rings is 6. The predicted molar refractivity (Wildman–Crippen MR) is 293 cm³/mol. The van der Waals surface area contributed by atoms with Crippen LogP contribution in [0.1, 0.15) is 159 Å². The van der Waals surface area contributed by atoms with Gasteiger partial charge in [0.2, 0.25) is 0 Å². The van der Waals surface area contributed by atoms with E-state index in [1.807, 2.05) is 0 Å². The van der Waals surface area contributed by atoms with Crippen molar-refractivity contribution < 1.29 is 213 Å². The topological polar surface area (TPSA) is 541 Å². The maximum Gasteiger partial charge on any atom is 4.00 e. The van der Waals surface area contributed by atoms with E-state index < -0.39 is 113 Å². The van der Waals surface area contributed by atoms with Crippen LogP contribution in [-0.4, -0.2) is 105 Å². The summed E-state index contributed by atoms with van der Waals surface area (Å²) in [5.41, 5.74) is -1.74. The number of carboxylic acid groups (broad SMARTS) is 6. The van der Waals surface area contributed by atoms with Gasteiger partial charge in [-0.1, -0.05) is 277 Å². The third-order valence-electron chi connectivity index (χ3n) is 6.64. The van der Waals surface area contributed by atoms with E-state index in [-0.39, 0.29) is 146 Å². The van der Waals surface area contributed by atoms with Gasteiger partial charge in [0.05, 0.1) is 35.8 Å². The van der Waals surface area contributed by atoms with E-state index >= 15 is 0 Å². The van der Waals surface area contributed by atoms with Crippen LogP contribution in [0, 0.1) is 0 Å². The molecule has 0 aromatic heterocycles. The molecule has 500 valence electrons. The van der Waals surface area contributed by atoms with Crippen molar-refractivity contribution >= 4 is 62.0 Å². The summed E-state index contributed by atoms with van der Waals surface area (Å²) in [7, 11) is 0. The number of rotatable bonds is 6. The Kier molecular flexibility index (Phi) is 89.1. The predicted octanol–water partition coefficient (Wildman–Crippen LogP) is -7.36. The minimum Gasteiger partial charge on any atom is -0.872 e. The summed E-state index contributed by atoms with van der Waals surface area (Å²) in [6.45, 7) is 22.6. The zero-order valence-electron chi connectivity index (χ0n) is 53.6. The van der Waals surface area contributed by atoms with Crippen LogP contribution in [0.4, 0.5) is 0 Å². The van der Waals surface area contributed by atoms with Crippen LogP contribution in [0.25, 0.3) is 0 Å². The number of hydrogen-bond donors (Lipinski definition) is 0. The molecule has 25 nitrogen and oxygen atoms in total. The van der Waals surface area contributed by atoms with E-state index in [4.69, 9.17) is 0 Å². The van der Waals surface area contributed by atoms with E-state index in [0.29, 0.717) is 0 Å². The molecule has 0 aliphatic rings. The number of carbonyl (C=O) groups excluding carboxylic acids is 6. The molecule has 0 saturated heterocycles. The Bertz CT molecular complexity index is 2300. The number of aromatic carboxylic acids is 6. The van der Waals surface area contributed by atoms with Gasteiger partial charge in [-0.3, -0.25) is 0 Å². The van der Waals surface area contributed by atoms with Gasteiger partial charge in [0.25, 0.3) is 0 Å². The molecule has 0 bridgehead atoms. The largest absolute Gasteiger partial charge is 4.00 e. The molecule has 0 N–H and O–H groups in total. The van der Waals surface area contributed by atoms with Crippen molar-refractivity contribution in [1.82, 2.24) is 0 Å². The first-order valence-corrected chi connectivity index (χ1v) is 25.9. The van der Waals surface area contributed by atoms with Crippen molar-refractivity contribution in [3.8, 4) is 34.5 Å². The van der Waals surface area contributed by atoms with Crippen molar-refractivity contribution in [1.29, 1.82) is 0 Å². The number of carbonyl (C=O) groups is 6. The molecule has 0 unspecified atom stereocenters. The number of carboxylic acids is 6. The molecule has 0 spiro atoms. The van der Waals surface area contributed by atoms with E-state index in [2.05, 4.69) is 0 Å². The van der Waals surface area contributed by atoms with Crippen LogP contribution in [0.3, 0.4) is 0 Å². The smallest absolute Gasteiger partial charge is 0.872 e. The van der Waals surface area contributed by atoms with Crippen LogP contribution in [0.2, 0.25) is 0 Å². The minimum absolute atomic E-state index is 0. The van der Waals surface area contributed by atoms with Crippen molar-refractivity contribution in [2.45, 2.75) is 140 Å². The van der Waals surface area contributed by atoms with Crippen molar-refractivity contribution in [2.24, 2.45) is 0 Å². The fourth-order valence-electron chi connectivity index (χ4n) is 3.81. The molecule has 30 heteroatoms. The van der Waals surface area contributed by atoms with Gasteiger partial charge in [0.15, 0.2) is 0 Å². The molecule has 6 rings (SSSR count). The molecule has 6 aromatic carbocycles. The van der Waals surface area contributed by atoms with Crippen molar-refractivity contribution in [2.75, 3.05) is 0 Å². The van der Waals surface area contributed by atoms with E-state index in [1.165, 1.54) is 146 Å². The third-order valence-corrected chi connectivity index (χ3v) is 6.64. The quantitative estimate of drug-likeness (QED) is 0.140. The maximum atomic E-state index is 10.6. The maximum absolute atomic E-state index is 10.6. The molecule has 0 atom stereocenters. The molecule has 6 aromatic rings. The molecule has 4 radical (unpaired) electrons. The Morgan fingerprint density at radius 1 is 0.226 bits per heavy atom.